The van der Waals surface area contributed by atoms with Gasteiger partial charge in [0.2, 0.25) is 5.91 Å². The highest BCUT2D eigenvalue weighted by Gasteiger charge is 2.24. The van der Waals surface area contributed by atoms with E-state index in [1.807, 2.05) is 0 Å². The van der Waals surface area contributed by atoms with Crippen LogP contribution in [0.1, 0.15) is 32.7 Å². The van der Waals surface area contributed by atoms with E-state index in [1.165, 1.54) is 24.3 Å². The van der Waals surface area contributed by atoms with E-state index < -0.39 is 15.7 Å². The third-order valence-electron chi connectivity index (χ3n) is 3.94. The van der Waals surface area contributed by atoms with Crippen molar-refractivity contribution in [3.8, 4) is 0 Å². The molecule has 0 spiro atoms. The minimum atomic E-state index is -3.23. The van der Waals surface area contributed by atoms with Crippen molar-refractivity contribution in [1.29, 1.82) is 0 Å². The normalized spacial score (nSPS) is 15.3. The monoisotopic (exact) mass is 344 g/mol. The highest BCUT2D eigenvalue weighted by atomic mass is 32.2. The Bertz CT molecular complexity index is 918. The second-order valence-corrected chi connectivity index (χ2v) is 7.72. The standard InChI is InChI=1S/C17H16N2O4S/c18-16(20)11-3-6-14(7-4-11)19-17(21)13-5-8-15-12(10-13)2-1-9-24(15,22)23/h3-8,10H,1-2,9H2,(H2,18,20)(H,19,21). The van der Waals surface area contributed by atoms with E-state index in [0.29, 0.717) is 40.1 Å². The van der Waals surface area contributed by atoms with Crippen LogP contribution in [-0.2, 0) is 16.3 Å². The lowest BCUT2D eigenvalue weighted by atomic mass is 10.1. The Morgan fingerprint density at radius 1 is 1.00 bits per heavy atom. The van der Waals surface area contributed by atoms with E-state index in [9.17, 15) is 18.0 Å². The summed E-state index contributed by atoms with van der Waals surface area (Å²) in [5.74, 6) is -0.728. The molecule has 2 aromatic carbocycles. The zero-order chi connectivity index (χ0) is 17.3. The number of carbonyl (C=O) groups is 2. The second-order valence-electron chi connectivity index (χ2n) is 5.64. The van der Waals surface area contributed by atoms with Gasteiger partial charge in [0.1, 0.15) is 0 Å². The molecule has 0 saturated carbocycles. The first-order valence-electron chi connectivity index (χ1n) is 7.44. The summed E-state index contributed by atoms with van der Waals surface area (Å²) in [6, 6.07) is 10.8. The number of hydrogen-bond acceptors (Lipinski definition) is 4. The first-order valence-corrected chi connectivity index (χ1v) is 9.09. The average molecular weight is 344 g/mol. The minimum Gasteiger partial charge on any atom is -0.366 e. The summed E-state index contributed by atoms with van der Waals surface area (Å²) in [6.45, 7) is 0. The molecule has 1 heterocycles. The maximum absolute atomic E-state index is 12.3. The molecular formula is C17H16N2O4S. The highest BCUT2D eigenvalue weighted by Crippen LogP contribution is 2.26. The largest absolute Gasteiger partial charge is 0.366 e. The number of fused-ring (bicyclic) bond motifs is 1. The van der Waals surface area contributed by atoms with Crippen molar-refractivity contribution in [2.45, 2.75) is 17.7 Å². The number of amides is 2. The summed E-state index contributed by atoms with van der Waals surface area (Å²) < 4.78 is 24.0. The van der Waals surface area contributed by atoms with Crippen molar-refractivity contribution in [3.63, 3.8) is 0 Å². The van der Waals surface area contributed by atoms with Gasteiger partial charge in [-0.1, -0.05) is 0 Å². The average Bonchev–Trinajstić information content (AvgIpc) is 2.54. The first-order chi connectivity index (χ1) is 11.4. The molecule has 24 heavy (non-hydrogen) atoms. The summed E-state index contributed by atoms with van der Waals surface area (Å²) in [6.07, 6.45) is 1.21. The number of carbonyl (C=O) groups excluding carboxylic acids is 2. The number of rotatable bonds is 3. The lowest BCUT2D eigenvalue weighted by Gasteiger charge is -2.17. The Labute approximate surface area is 139 Å². The predicted molar refractivity (Wildman–Crippen MR) is 89.7 cm³/mol. The molecule has 2 aromatic rings. The fourth-order valence-corrected chi connectivity index (χ4v) is 4.28. The third kappa shape index (κ3) is 3.16. The van der Waals surface area contributed by atoms with Crippen LogP contribution < -0.4 is 11.1 Å². The number of nitrogens with two attached hydrogens (primary N) is 1. The molecule has 124 valence electrons. The van der Waals surface area contributed by atoms with E-state index in [4.69, 9.17) is 5.73 Å². The maximum Gasteiger partial charge on any atom is 0.255 e. The van der Waals surface area contributed by atoms with Crippen molar-refractivity contribution in [1.82, 2.24) is 0 Å². The van der Waals surface area contributed by atoms with Crippen LogP contribution in [0.5, 0.6) is 0 Å². The second kappa shape index (κ2) is 6.09. The molecule has 2 amide bonds. The SMILES string of the molecule is NC(=O)c1ccc(NC(=O)c2ccc3c(c2)CCCS3(=O)=O)cc1. The van der Waals surface area contributed by atoms with Gasteiger partial charge in [0.15, 0.2) is 9.84 Å². The Balaban J connectivity index is 1.82. The Morgan fingerprint density at radius 2 is 1.67 bits per heavy atom. The Kier molecular flexibility index (Phi) is 4.11. The number of sulfone groups is 1. The lowest BCUT2D eigenvalue weighted by Crippen LogP contribution is -2.18. The Hall–Kier alpha value is -2.67. The number of benzene rings is 2. The number of anilines is 1. The quantitative estimate of drug-likeness (QED) is 0.884. The molecule has 1 aliphatic rings. The van der Waals surface area contributed by atoms with Gasteiger partial charge in [-0.25, -0.2) is 8.42 Å². The number of nitrogens with one attached hydrogen (secondary N) is 1. The van der Waals surface area contributed by atoms with Crippen LogP contribution in [0.2, 0.25) is 0 Å². The molecule has 0 fully saturated rings. The molecule has 0 radical (unpaired) electrons. The van der Waals surface area contributed by atoms with Crippen LogP contribution in [0, 0.1) is 0 Å². The number of primary amides is 1. The van der Waals surface area contributed by atoms with Crippen LogP contribution in [0.25, 0.3) is 0 Å². The van der Waals surface area contributed by atoms with Gasteiger partial charge in [0, 0.05) is 16.8 Å². The fourth-order valence-electron chi connectivity index (χ4n) is 2.70. The minimum absolute atomic E-state index is 0.151. The van der Waals surface area contributed by atoms with Crippen molar-refractivity contribution < 1.29 is 18.0 Å². The van der Waals surface area contributed by atoms with Gasteiger partial charge < -0.3 is 11.1 Å². The van der Waals surface area contributed by atoms with E-state index >= 15 is 0 Å². The molecule has 0 aliphatic carbocycles. The molecule has 0 atom stereocenters. The van der Waals surface area contributed by atoms with E-state index in [0.717, 1.165) is 0 Å². The van der Waals surface area contributed by atoms with Crippen molar-refractivity contribution in [3.05, 3.63) is 59.2 Å². The number of aryl methyl sites for hydroxylation is 1. The van der Waals surface area contributed by atoms with Gasteiger partial charge in [-0.2, -0.15) is 0 Å². The summed E-state index contributed by atoms with van der Waals surface area (Å²) in [5, 5.41) is 2.71. The van der Waals surface area contributed by atoms with Crippen LogP contribution in [0.15, 0.2) is 47.4 Å². The van der Waals surface area contributed by atoms with Gasteiger partial charge in [0.25, 0.3) is 5.91 Å². The molecular weight excluding hydrogens is 328 g/mol. The fraction of sp³-hybridized carbons (Fsp3) is 0.176. The molecule has 6 nitrogen and oxygen atoms in total. The van der Waals surface area contributed by atoms with Crippen molar-refractivity contribution in [2.75, 3.05) is 11.1 Å². The van der Waals surface area contributed by atoms with E-state index in [-0.39, 0.29) is 11.7 Å². The third-order valence-corrected chi connectivity index (χ3v) is 5.84. The van der Waals surface area contributed by atoms with Gasteiger partial charge >= 0.3 is 0 Å². The molecule has 0 aromatic heterocycles. The van der Waals surface area contributed by atoms with E-state index in [1.54, 1.807) is 18.2 Å². The Morgan fingerprint density at radius 3 is 2.33 bits per heavy atom. The topological polar surface area (TPSA) is 106 Å². The highest BCUT2D eigenvalue weighted by molar-refractivity contribution is 7.91. The van der Waals surface area contributed by atoms with Gasteiger partial charge in [-0.3, -0.25) is 9.59 Å². The van der Waals surface area contributed by atoms with Gasteiger partial charge in [-0.05, 0) is 60.9 Å². The van der Waals surface area contributed by atoms with Gasteiger partial charge in [0.05, 0.1) is 10.6 Å². The van der Waals surface area contributed by atoms with Crippen LogP contribution in [0.3, 0.4) is 0 Å². The molecule has 7 heteroatoms. The zero-order valence-corrected chi connectivity index (χ0v) is 13.6. The maximum atomic E-state index is 12.3. The summed E-state index contributed by atoms with van der Waals surface area (Å²) >= 11 is 0. The predicted octanol–water partition coefficient (Wildman–Crippen LogP) is 1.76. The molecule has 1 aliphatic heterocycles. The van der Waals surface area contributed by atoms with Crippen molar-refractivity contribution in [2.24, 2.45) is 5.73 Å². The number of hydrogen-bond donors (Lipinski definition) is 2. The lowest BCUT2D eigenvalue weighted by molar-refractivity contribution is 0.0998. The van der Waals surface area contributed by atoms with Gasteiger partial charge in [-0.15, -0.1) is 0 Å². The van der Waals surface area contributed by atoms with Crippen LogP contribution in [-0.4, -0.2) is 26.0 Å². The summed E-state index contributed by atoms with van der Waals surface area (Å²) in [7, 11) is -3.23. The molecule has 3 N–H and O–H groups in total. The summed E-state index contributed by atoms with van der Waals surface area (Å²) in [4.78, 5) is 23.7. The summed E-state index contributed by atoms with van der Waals surface area (Å²) in [5.41, 5.74) is 7.12. The molecule has 0 saturated heterocycles. The first kappa shape index (κ1) is 16.2. The smallest absolute Gasteiger partial charge is 0.255 e. The molecule has 3 rings (SSSR count). The molecule has 0 unspecified atom stereocenters. The zero-order valence-electron chi connectivity index (χ0n) is 12.8. The van der Waals surface area contributed by atoms with E-state index in [2.05, 4.69) is 5.32 Å². The van der Waals surface area contributed by atoms with Crippen LogP contribution >= 0.6 is 0 Å². The van der Waals surface area contributed by atoms with Crippen LogP contribution in [0.4, 0.5) is 5.69 Å². The molecule has 0 bridgehead atoms. The van der Waals surface area contributed by atoms with Crippen molar-refractivity contribution >= 4 is 27.3 Å².